The number of benzene rings is 1. The number of hydrogen-bond acceptors (Lipinski definition) is 3. The van der Waals surface area contributed by atoms with Crippen LogP contribution < -0.4 is 5.73 Å². The lowest BCUT2D eigenvalue weighted by molar-refractivity contribution is 0.292. The predicted octanol–water partition coefficient (Wildman–Crippen LogP) is 3.17. The average Bonchev–Trinajstić information content (AvgIpc) is 2.92. The molecular weight excluding hydrogens is 284 g/mol. The Balaban J connectivity index is 2.38. The van der Waals surface area contributed by atoms with Crippen LogP contribution in [0, 0.1) is 12.8 Å². The second-order valence-electron chi connectivity index (χ2n) is 6.43. The molecule has 0 heterocycles. The molecule has 0 spiro atoms. The second-order valence-corrected chi connectivity index (χ2v) is 8.32. The molecule has 0 unspecified atom stereocenters. The number of rotatable bonds is 5. The van der Waals surface area contributed by atoms with Crippen LogP contribution in [-0.2, 0) is 10.0 Å². The number of nitrogen functional groups attached to an aromatic ring is 1. The number of nitrogens with two attached hydrogens (primary N) is 1. The number of nitrogens with zero attached hydrogens (tertiary/aromatic N) is 1. The van der Waals surface area contributed by atoms with E-state index < -0.39 is 10.0 Å². The number of aryl methyl sites for hydroxylation is 1. The topological polar surface area (TPSA) is 63.4 Å². The number of hydrogen-bond donors (Lipinski definition) is 1. The molecule has 0 saturated heterocycles. The highest BCUT2D eigenvalue weighted by molar-refractivity contribution is 7.89. The Labute approximate surface area is 128 Å². The molecule has 0 aliphatic heterocycles. The van der Waals surface area contributed by atoms with Crippen molar-refractivity contribution in [3.05, 3.63) is 23.8 Å². The Bertz CT molecular complexity index is 590. The smallest absolute Gasteiger partial charge is 0.243 e. The first-order valence-electron chi connectivity index (χ1n) is 7.70. The Kier molecular flexibility index (Phi) is 4.94. The van der Waals surface area contributed by atoms with Gasteiger partial charge in [0, 0.05) is 18.3 Å². The largest absolute Gasteiger partial charge is 0.398 e. The Morgan fingerprint density at radius 2 is 1.90 bits per heavy atom. The van der Waals surface area contributed by atoms with Crippen LogP contribution >= 0.6 is 0 Å². The Morgan fingerprint density at radius 3 is 2.43 bits per heavy atom. The molecule has 1 aliphatic rings. The molecule has 0 aromatic heterocycles. The second kappa shape index (κ2) is 6.36. The van der Waals surface area contributed by atoms with Crippen molar-refractivity contribution in [2.24, 2.45) is 5.92 Å². The van der Waals surface area contributed by atoms with E-state index in [4.69, 9.17) is 5.73 Å². The van der Waals surface area contributed by atoms with E-state index in [1.807, 2.05) is 6.92 Å². The van der Waals surface area contributed by atoms with Gasteiger partial charge in [0.15, 0.2) is 0 Å². The van der Waals surface area contributed by atoms with E-state index in [0.29, 0.717) is 23.0 Å². The zero-order valence-corrected chi connectivity index (χ0v) is 14.0. The van der Waals surface area contributed by atoms with E-state index in [9.17, 15) is 8.42 Å². The third-order valence-electron chi connectivity index (χ3n) is 4.13. The first kappa shape index (κ1) is 16.3. The van der Waals surface area contributed by atoms with Crippen LogP contribution in [-0.4, -0.2) is 25.3 Å². The molecule has 1 saturated carbocycles. The highest BCUT2D eigenvalue weighted by Gasteiger charge is 2.33. The van der Waals surface area contributed by atoms with Gasteiger partial charge in [-0.2, -0.15) is 4.31 Å². The average molecular weight is 310 g/mol. The van der Waals surface area contributed by atoms with Gasteiger partial charge in [-0.15, -0.1) is 0 Å². The minimum Gasteiger partial charge on any atom is -0.398 e. The molecule has 0 atom stereocenters. The Hall–Kier alpha value is -1.07. The SMILES string of the molecule is Cc1ccc(S(=O)(=O)N(CC(C)C)C2CCCC2)cc1N. The fraction of sp³-hybridized carbons (Fsp3) is 0.625. The van der Waals surface area contributed by atoms with Gasteiger partial charge < -0.3 is 5.73 Å². The van der Waals surface area contributed by atoms with Crippen LogP contribution in [0.3, 0.4) is 0 Å². The van der Waals surface area contributed by atoms with Crippen molar-refractivity contribution in [3.63, 3.8) is 0 Å². The molecule has 1 fully saturated rings. The quantitative estimate of drug-likeness (QED) is 0.850. The van der Waals surface area contributed by atoms with Gasteiger partial charge in [0.05, 0.1) is 4.90 Å². The maximum Gasteiger partial charge on any atom is 0.243 e. The third kappa shape index (κ3) is 3.58. The first-order valence-corrected chi connectivity index (χ1v) is 9.14. The molecule has 2 N–H and O–H groups in total. The lowest BCUT2D eigenvalue weighted by Gasteiger charge is -2.29. The van der Waals surface area contributed by atoms with Crippen LogP contribution in [0.4, 0.5) is 5.69 Å². The number of sulfonamides is 1. The van der Waals surface area contributed by atoms with Gasteiger partial charge >= 0.3 is 0 Å². The lowest BCUT2D eigenvalue weighted by atomic mass is 10.2. The summed E-state index contributed by atoms with van der Waals surface area (Å²) in [4.78, 5) is 0.318. The highest BCUT2D eigenvalue weighted by atomic mass is 32.2. The van der Waals surface area contributed by atoms with E-state index in [2.05, 4.69) is 13.8 Å². The van der Waals surface area contributed by atoms with Gasteiger partial charge in [-0.05, 0) is 43.4 Å². The monoisotopic (exact) mass is 310 g/mol. The van der Waals surface area contributed by atoms with Gasteiger partial charge in [-0.25, -0.2) is 8.42 Å². The van der Waals surface area contributed by atoms with E-state index in [-0.39, 0.29) is 6.04 Å². The molecule has 2 rings (SSSR count). The molecule has 0 amide bonds. The summed E-state index contributed by atoms with van der Waals surface area (Å²) >= 11 is 0. The van der Waals surface area contributed by atoms with E-state index in [1.54, 1.807) is 22.5 Å². The summed E-state index contributed by atoms with van der Waals surface area (Å²) in [5, 5.41) is 0. The van der Waals surface area contributed by atoms with Crippen molar-refractivity contribution in [2.45, 2.75) is 57.4 Å². The molecular formula is C16H26N2O2S. The van der Waals surface area contributed by atoms with Crippen LogP contribution in [0.2, 0.25) is 0 Å². The highest BCUT2D eigenvalue weighted by Crippen LogP contribution is 2.30. The summed E-state index contributed by atoms with van der Waals surface area (Å²) < 4.78 is 27.7. The zero-order valence-electron chi connectivity index (χ0n) is 13.2. The standard InChI is InChI=1S/C16H26N2O2S/c1-12(2)11-18(14-6-4-5-7-14)21(19,20)15-9-8-13(3)16(17)10-15/h8-10,12,14H,4-7,11,17H2,1-3H3. The summed E-state index contributed by atoms with van der Waals surface area (Å²) in [6, 6.07) is 5.18. The summed E-state index contributed by atoms with van der Waals surface area (Å²) in [7, 11) is -3.47. The predicted molar refractivity (Wildman–Crippen MR) is 86.6 cm³/mol. The van der Waals surface area contributed by atoms with Gasteiger partial charge in [-0.3, -0.25) is 0 Å². The van der Waals surface area contributed by atoms with Crippen molar-refractivity contribution >= 4 is 15.7 Å². The van der Waals surface area contributed by atoms with Gasteiger partial charge in [0.25, 0.3) is 0 Å². The van der Waals surface area contributed by atoms with Crippen molar-refractivity contribution in [1.82, 2.24) is 4.31 Å². The van der Waals surface area contributed by atoms with E-state index in [1.165, 1.54) is 0 Å². The molecule has 118 valence electrons. The summed E-state index contributed by atoms with van der Waals surface area (Å²) in [5.41, 5.74) is 7.33. The third-order valence-corrected chi connectivity index (χ3v) is 6.05. The van der Waals surface area contributed by atoms with Crippen LogP contribution in [0.5, 0.6) is 0 Å². The molecule has 1 aromatic rings. The normalized spacial score (nSPS) is 17.0. The molecule has 0 radical (unpaired) electrons. The van der Waals surface area contributed by atoms with Crippen molar-refractivity contribution in [3.8, 4) is 0 Å². The summed E-state index contributed by atoms with van der Waals surface area (Å²) in [5.74, 6) is 0.308. The maximum absolute atomic E-state index is 13.0. The molecule has 0 bridgehead atoms. The fourth-order valence-electron chi connectivity index (χ4n) is 2.91. The zero-order chi connectivity index (χ0) is 15.6. The molecule has 1 aromatic carbocycles. The minimum atomic E-state index is -3.47. The number of anilines is 1. The van der Waals surface area contributed by atoms with Crippen molar-refractivity contribution in [1.29, 1.82) is 0 Å². The van der Waals surface area contributed by atoms with E-state index in [0.717, 1.165) is 31.2 Å². The Morgan fingerprint density at radius 1 is 1.29 bits per heavy atom. The minimum absolute atomic E-state index is 0.139. The van der Waals surface area contributed by atoms with Gasteiger partial charge in [0.1, 0.15) is 0 Å². The molecule has 5 heteroatoms. The van der Waals surface area contributed by atoms with Crippen molar-refractivity contribution < 1.29 is 8.42 Å². The van der Waals surface area contributed by atoms with E-state index >= 15 is 0 Å². The first-order chi connectivity index (χ1) is 9.82. The maximum atomic E-state index is 13.0. The fourth-order valence-corrected chi connectivity index (χ4v) is 4.79. The van der Waals surface area contributed by atoms with Gasteiger partial charge in [0.2, 0.25) is 10.0 Å². The van der Waals surface area contributed by atoms with Crippen molar-refractivity contribution in [2.75, 3.05) is 12.3 Å². The molecule has 4 nitrogen and oxygen atoms in total. The molecule has 1 aliphatic carbocycles. The summed E-state index contributed by atoms with van der Waals surface area (Å²) in [6.45, 7) is 6.57. The lowest BCUT2D eigenvalue weighted by Crippen LogP contribution is -2.41. The summed E-state index contributed by atoms with van der Waals surface area (Å²) in [6.07, 6.45) is 4.16. The van der Waals surface area contributed by atoms with Crippen LogP contribution in [0.15, 0.2) is 23.1 Å². The van der Waals surface area contributed by atoms with Crippen LogP contribution in [0.1, 0.15) is 45.1 Å². The van der Waals surface area contributed by atoms with Crippen LogP contribution in [0.25, 0.3) is 0 Å². The van der Waals surface area contributed by atoms with Gasteiger partial charge in [-0.1, -0.05) is 32.8 Å². The molecule has 21 heavy (non-hydrogen) atoms.